The highest BCUT2D eigenvalue weighted by atomic mass is 19.1. The van der Waals surface area contributed by atoms with E-state index >= 15 is 0 Å². The van der Waals surface area contributed by atoms with Crippen LogP contribution in [0.5, 0.6) is 0 Å². The van der Waals surface area contributed by atoms with Crippen LogP contribution in [0.2, 0.25) is 0 Å². The minimum absolute atomic E-state index is 0. The van der Waals surface area contributed by atoms with E-state index < -0.39 is 0 Å². The molecule has 93 valence electrons. The summed E-state index contributed by atoms with van der Waals surface area (Å²) in [6.07, 6.45) is 1.03. The molecule has 0 amide bonds. The van der Waals surface area contributed by atoms with Crippen LogP contribution in [0.25, 0.3) is 11.1 Å². The first-order valence-electron chi connectivity index (χ1n) is 5.66. The van der Waals surface area contributed by atoms with E-state index in [-0.39, 0.29) is 13.5 Å². The van der Waals surface area contributed by atoms with Crippen molar-refractivity contribution in [2.75, 3.05) is 0 Å². The third-order valence-corrected chi connectivity index (χ3v) is 2.52. The van der Waals surface area contributed by atoms with Gasteiger partial charge >= 0.3 is 7.69 Å². The van der Waals surface area contributed by atoms with Crippen LogP contribution in [0.15, 0.2) is 48.5 Å². The lowest BCUT2D eigenvalue weighted by Crippen LogP contribution is -1.82. The molecule has 1 radical (unpaired) electrons. The average Bonchev–Trinajstić information content (AvgIpc) is 2.40. The predicted octanol–water partition coefficient (Wildman–Crippen LogP) is 2.56. The van der Waals surface area contributed by atoms with E-state index in [1.54, 1.807) is 12.1 Å². The van der Waals surface area contributed by atoms with Crippen LogP contribution in [0, 0.1) is 5.82 Å². The molecule has 0 aliphatic rings. The fourth-order valence-corrected chi connectivity index (χ4v) is 1.60. The van der Waals surface area contributed by atoms with Gasteiger partial charge in [-0.15, -0.1) is 0 Å². The van der Waals surface area contributed by atoms with E-state index in [2.05, 4.69) is 19.1 Å². The second kappa shape index (κ2) is 7.64. The van der Waals surface area contributed by atoms with E-state index in [4.69, 9.17) is 10.0 Å². The minimum atomic E-state index is -0.188. The van der Waals surface area contributed by atoms with Crippen LogP contribution < -0.4 is 0 Å². The van der Waals surface area contributed by atoms with Crippen molar-refractivity contribution in [3.05, 3.63) is 59.9 Å². The molecule has 0 aliphatic heterocycles. The van der Waals surface area contributed by atoms with E-state index in [0.29, 0.717) is 0 Å². The molecule has 0 bridgehead atoms. The van der Waals surface area contributed by atoms with Crippen molar-refractivity contribution in [2.45, 2.75) is 13.3 Å². The van der Waals surface area contributed by atoms with Crippen LogP contribution in [-0.4, -0.2) is 17.7 Å². The van der Waals surface area contributed by atoms with Gasteiger partial charge in [0, 0.05) is 0 Å². The van der Waals surface area contributed by atoms with Crippen molar-refractivity contribution in [1.29, 1.82) is 0 Å². The Morgan fingerprint density at radius 2 is 1.61 bits per heavy atom. The van der Waals surface area contributed by atoms with Crippen molar-refractivity contribution in [3.8, 4) is 11.1 Å². The van der Waals surface area contributed by atoms with Gasteiger partial charge in [0.1, 0.15) is 5.82 Å². The average molecular weight is 245 g/mol. The molecule has 0 fully saturated rings. The van der Waals surface area contributed by atoms with Crippen LogP contribution in [0.3, 0.4) is 0 Å². The SMILES string of the molecule is CCc1ccc(-c2cccc(F)c2)cc1.O[B]O. The molecular weight excluding hydrogens is 230 g/mol. The quantitative estimate of drug-likeness (QED) is 0.798. The van der Waals surface area contributed by atoms with E-state index in [1.807, 2.05) is 18.2 Å². The Hall–Kier alpha value is -1.65. The molecule has 4 heteroatoms. The molecule has 0 saturated carbocycles. The lowest BCUT2D eigenvalue weighted by atomic mass is 10.0. The van der Waals surface area contributed by atoms with Crippen molar-refractivity contribution in [3.63, 3.8) is 0 Å². The maximum Gasteiger partial charge on any atom is 0.482 e. The fraction of sp³-hybridized carbons (Fsp3) is 0.143. The van der Waals surface area contributed by atoms with Crippen LogP contribution in [-0.2, 0) is 6.42 Å². The first-order chi connectivity index (χ1) is 8.71. The number of aryl methyl sites for hydroxylation is 1. The van der Waals surface area contributed by atoms with Crippen molar-refractivity contribution >= 4 is 7.69 Å². The third-order valence-electron chi connectivity index (χ3n) is 2.52. The molecule has 0 aliphatic carbocycles. The molecule has 2 aromatic carbocycles. The number of hydrogen-bond acceptors (Lipinski definition) is 2. The second-order valence-corrected chi connectivity index (χ2v) is 3.68. The molecule has 0 spiro atoms. The summed E-state index contributed by atoms with van der Waals surface area (Å²) < 4.78 is 13.0. The van der Waals surface area contributed by atoms with Gasteiger partial charge in [-0.1, -0.05) is 43.3 Å². The molecule has 18 heavy (non-hydrogen) atoms. The molecule has 0 atom stereocenters. The summed E-state index contributed by atoms with van der Waals surface area (Å²) in [5.74, 6) is -0.188. The highest BCUT2D eigenvalue weighted by Crippen LogP contribution is 2.20. The summed E-state index contributed by atoms with van der Waals surface area (Å²) in [5.41, 5.74) is 3.29. The largest absolute Gasteiger partial charge is 0.482 e. The van der Waals surface area contributed by atoms with Gasteiger partial charge in [-0.05, 0) is 35.2 Å². The Morgan fingerprint density at radius 1 is 1.00 bits per heavy atom. The number of benzene rings is 2. The predicted molar refractivity (Wildman–Crippen MR) is 71.4 cm³/mol. The maximum absolute atomic E-state index is 13.0. The van der Waals surface area contributed by atoms with Gasteiger partial charge in [0.15, 0.2) is 0 Å². The zero-order valence-corrected chi connectivity index (χ0v) is 10.2. The van der Waals surface area contributed by atoms with Crippen molar-refractivity contribution in [2.24, 2.45) is 0 Å². The highest BCUT2D eigenvalue weighted by Gasteiger charge is 1.98. The summed E-state index contributed by atoms with van der Waals surface area (Å²) in [5, 5.41) is 14.0. The topological polar surface area (TPSA) is 40.5 Å². The zero-order chi connectivity index (χ0) is 13.4. The smallest absolute Gasteiger partial charge is 0.429 e. The van der Waals surface area contributed by atoms with Crippen LogP contribution in [0.1, 0.15) is 12.5 Å². The van der Waals surface area contributed by atoms with Crippen molar-refractivity contribution < 1.29 is 14.4 Å². The Balaban J connectivity index is 0.000000492. The lowest BCUT2D eigenvalue weighted by Gasteiger charge is -2.02. The standard InChI is InChI=1S/C14H13F.BH2O2/c1-2-11-6-8-12(9-7-11)13-4-3-5-14(15)10-13;2-1-3/h3-10H,2H2,1H3;2-3H. The first-order valence-corrected chi connectivity index (χ1v) is 5.66. The Labute approximate surface area is 107 Å². The zero-order valence-electron chi connectivity index (χ0n) is 10.2. The maximum atomic E-state index is 13.0. The van der Waals surface area contributed by atoms with E-state index in [1.165, 1.54) is 11.6 Å². The number of rotatable bonds is 2. The fourth-order valence-electron chi connectivity index (χ4n) is 1.60. The summed E-state index contributed by atoms with van der Waals surface area (Å²) in [7, 11) is 0. The van der Waals surface area contributed by atoms with Crippen molar-refractivity contribution in [1.82, 2.24) is 0 Å². The number of halogens is 1. The second-order valence-electron chi connectivity index (χ2n) is 3.68. The van der Waals surface area contributed by atoms with Crippen LogP contribution >= 0.6 is 0 Å². The van der Waals surface area contributed by atoms with Gasteiger partial charge in [-0.25, -0.2) is 4.39 Å². The monoisotopic (exact) mass is 245 g/mol. The summed E-state index contributed by atoms with van der Waals surface area (Å²) >= 11 is 0. The van der Waals surface area contributed by atoms with Gasteiger partial charge in [0.25, 0.3) is 0 Å². The Kier molecular flexibility index (Phi) is 6.12. The molecule has 2 rings (SSSR count). The molecule has 0 aromatic heterocycles. The molecule has 2 N–H and O–H groups in total. The number of hydrogen-bond donors (Lipinski definition) is 2. The van der Waals surface area contributed by atoms with Gasteiger partial charge in [0.2, 0.25) is 0 Å². The molecule has 2 nitrogen and oxygen atoms in total. The van der Waals surface area contributed by atoms with Gasteiger partial charge in [-0.3, -0.25) is 0 Å². The van der Waals surface area contributed by atoms with E-state index in [0.717, 1.165) is 17.5 Å². The van der Waals surface area contributed by atoms with E-state index in [9.17, 15) is 4.39 Å². The molecule has 0 saturated heterocycles. The molecule has 0 heterocycles. The minimum Gasteiger partial charge on any atom is -0.429 e. The van der Waals surface area contributed by atoms with Gasteiger partial charge in [-0.2, -0.15) is 0 Å². The Morgan fingerprint density at radius 3 is 2.11 bits per heavy atom. The normalized spacial score (nSPS) is 9.33. The third kappa shape index (κ3) is 4.32. The van der Waals surface area contributed by atoms with Gasteiger partial charge < -0.3 is 10.0 Å². The van der Waals surface area contributed by atoms with Gasteiger partial charge in [0.05, 0.1) is 0 Å². The lowest BCUT2D eigenvalue weighted by molar-refractivity contribution is 0.448. The molecule has 2 aromatic rings. The van der Waals surface area contributed by atoms with Crippen LogP contribution in [0.4, 0.5) is 4.39 Å². The Bertz CT molecular complexity index is 471. The molecular formula is C14H15BFO2. The summed E-state index contributed by atoms with van der Waals surface area (Å²) in [6.45, 7) is 2.12. The summed E-state index contributed by atoms with van der Waals surface area (Å²) in [4.78, 5) is 0. The highest BCUT2D eigenvalue weighted by molar-refractivity contribution is 6.13. The summed E-state index contributed by atoms with van der Waals surface area (Å²) in [6, 6.07) is 14.9. The first kappa shape index (κ1) is 14.4. The molecule has 0 unspecified atom stereocenters.